The Labute approximate surface area is 293 Å². The molecule has 2 heterocycles. The van der Waals surface area contributed by atoms with Gasteiger partial charge < -0.3 is 0 Å². The van der Waals surface area contributed by atoms with Crippen LogP contribution in [0.15, 0.2) is 127 Å². The first kappa shape index (κ1) is 32.1. The van der Waals surface area contributed by atoms with Crippen LogP contribution in [0.4, 0.5) is 9.38 Å². The zero-order valence-electron chi connectivity index (χ0n) is 26.9. The minimum atomic E-state index is -0.624. The number of ketones is 1. The number of hydrogen-bond donors (Lipinski definition) is 1. The topological polar surface area (TPSA) is 69.6 Å². The van der Waals surface area contributed by atoms with E-state index in [1.807, 2.05) is 38.1 Å². The van der Waals surface area contributed by atoms with Gasteiger partial charge in [-0.05, 0) is 0 Å². The predicted molar refractivity (Wildman–Crippen MR) is 195 cm³/mol. The number of carbonyl (C=O) groups excluding carboxylic acids is 1. The normalized spacial score (nSPS) is 14.2. The molecule has 240 valence electrons. The second kappa shape index (κ2) is 14.3. The van der Waals surface area contributed by atoms with Gasteiger partial charge in [0.05, 0.1) is 0 Å². The quantitative estimate of drug-likeness (QED) is 0.133. The Bertz CT molecular complexity index is 1960. The van der Waals surface area contributed by atoms with Crippen molar-refractivity contribution < 1.29 is 9.90 Å². The van der Waals surface area contributed by atoms with Gasteiger partial charge in [0.25, 0.3) is 0 Å². The molecule has 7 rings (SSSR count). The fraction of sp³-hybridized carbons (Fsp3) is 0.175. The molecule has 0 fully saturated rings. The van der Waals surface area contributed by atoms with Crippen molar-refractivity contribution in [3.8, 4) is 0 Å². The summed E-state index contributed by atoms with van der Waals surface area (Å²) in [4.78, 5) is 28.6. The van der Waals surface area contributed by atoms with E-state index in [1.165, 1.54) is 22.3 Å². The molecule has 1 aliphatic carbocycles. The van der Waals surface area contributed by atoms with Gasteiger partial charge in [-0.15, -0.1) is 0 Å². The van der Waals surface area contributed by atoms with E-state index in [-0.39, 0.29) is 40.5 Å². The average molecular weight is 763 g/mol. The molecule has 48 heavy (non-hydrogen) atoms. The molecule has 2 aromatic heterocycles. The molecule has 1 atom stereocenters. The predicted octanol–water partition coefficient (Wildman–Crippen LogP) is 7.26. The fourth-order valence-corrected chi connectivity index (χ4v) is 10.9. The Morgan fingerprint density at radius 3 is 1.35 bits per heavy atom. The molecule has 0 saturated carbocycles. The van der Waals surface area contributed by atoms with E-state index < -0.39 is 5.92 Å². The summed E-state index contributed by atoms with van der Waals surface area (Å²) in [6, 6.07) is 41.6. The third kappa shape index (κ3) is 6.89. The number of allylic oxidation sites excluding steroid dienone is 2. The monoisotopic (exact) mass is 764 g/mol. The van der Waals surface area contributed by atoms with E-state index in [2.05, 4.69) is 107 Å². The molecule has 0 bridgehead atoms. The Morgan fingerprint density at radius 1 is 0.583 bits per heavy atom. The van der Waals surface area contributed by atoms with Crippen molar-refractivity contribution in [1.82, 2.24) is 9.97 Å². The zero-order valence-corrected chi connectivity index (χ0v) is 30.3. The summed E-state index contributed by atoms with van der Waals surface area (Å²) in [5, 5.41) is 11.6. The van der Waals surface area contributed by atoms with Crippen molar-refractivity contribution in [2.45, 2.75) is 45.9 Å². The van der Waals surface area contributed by atoms with Gasteiger partial charge in [-0.2, -0.15) is 0 Å². The van der Waals surface area contributed by atoms with Crippen LogP contribution < -0.4 is 9.80 Å². The van der Waals surface area contributed by atoms with Gasteiger partial charge >= 0.3 is 295 Å². The van der Waals surface area contributed by atoms with E-state index >= 15 is 0 Å². The zero-order chi connectivity index (χ0) is 33.0. The second-order valence-electron chi connectivity index (χ2n) is 12.1. The maximum atomic E-state index is 14.0. The number of aliphatic hydroxyl groups excluding tert-OH is 1. The van der Waals surface area contributed by atoms with E-state index in [4.69, 9.17) is 9.97 Å². The molecule has 0 radical (unpaired) electrons. The van der Waals surface area contributed by atoms with Gasteiger partial charge in [0, 0.05) is 0 Å². The van der Waals surface area contributed by atoms with Crippen molar-refractivity contribution in [2.24, 2.45) is 0 Å². The van der Waals surface area contributed by atoms with Gasteiger partial charge in [-0.3, -0.25) is 0 Å². The minimum absolute atomic E-state index is 0.0109. The van der Waals surface area contributed by atoms with Crippen molar-refractivity contribution in [3.05, 3.63) is 170 Å². The molecule has 6 aromatic rings. The Hall–Kier alpha value is -4.45. The van der Waals surface area contributed by atoms with E-state index in [1.54, 1.807) is 0 Å². The van der Waals surface area contributed by atoms with Gasteiger partial charge in [-0.1, -0.05) is 0 Å². The average Bonchev–Trinajstić information content (AvgIpc) is 3.68. The fourth-order valence-electron chi connectivity index (χ4n) is 6.08. The van der Waals surface area contributed by atoms with Crippen LogP contribution in [0.1, 0.15) is 48.4 Å². The van der Waals surface area contributed by atoms with E-state index in [9.17, 15) is 9.90 Å². The SMILES string of the molecule is Cc1nc(N(Cc2ccccc2)Cc2ccccc2)[se]c1C1=C(O)C(c2[se]c(N(Cc3ccccc3)Cc3ccccc3)nc2C)C1=O. The number of rotatable bonds is 12. The van der Waals surface area contributed by atoms with E-state index in [0.29, 0.717) is 5.57 Å². The molecule has 6 nitrogen and oxygen atoms in total. The van der Waals surface area contributed by atoms with Crippen LogP contribution in [0.2, 0.25) is 0 Å². The van der Waals surface area contributed by atoms with Gasteiger partial charge in [0.1, 0.15) is 0 Å². The van der Waals surface area contributed by atoms with Gasteiger partial charge in [-0.25, -0.2) is 0 Å². The molecule has 0 aliphatic heterocycles. The summed E-state index contributed by atoms with van der Waals surface area (Å²) in [6.07, 6.45) is 0. The molecule has 4 aromatic carbocycles. The summed E-state index contributed by atoms with van der Waals surface area (Å²) in [7, 11) is 0. The number of hydrogen-bond acceptors (Lipinski definition) is 6. The number of benzene rings is 4. The van der Waals surface area contributed by atoms with Crippen LogP contribution in [-0.2, 0) is 31.0 Å². The van der Waals surface area contributed by atoms with Crippen LogP contribution in [0.5, 0.6) is 0 Å². The van der Waals surface area contributed by atoms with Crippen molar-refractivity contribution >= 4 is 49.7 Å². The van der Waals surface area contributed by atoms with Crippen molar-refractivity contribution in [2.75, 3.05) is 9.80 Å². The number of aromatic nitrogens is 2. The first-order valence-electron chi connectivity index (χ1n) is 16.0. The number of Topliss-reactive ketones (excluding diaryl/α,β-unsaturated/α-hetero) is 1. The molecular formula is C40H36N4O2Se2. The van der Waals surface area contributed by atoms with Crippen molar-refractivity contribution in [1.29, 1.82) is 0 Å². The number of aliphatic hydroxyl groups is 1. The molecule has 0 amide bonds. The Morgan fingerprint density at radius 2 is 0.958 bits per heavy atom. The molecule has 0 saturated heterocycles. The molecule has 1 unspecified atom stereocenters. The maximum absolute atomic E-state index is 14.0. The summed E-state index contributed by atoms with van der Waals surface area (Å²) in [5.41, 5.74) is 6.95. The number of anilines is 2. The summed E-state index contributed by atoms with van der Waals surface area (Å²) < 4.78 is 3.81. The van der Waals surface area contributed by atoms with Crippen LogP contribution >= 0.6 is 0 Å². The van der Waals surface area contributed by atoms with Crippen LogP contribution in [0, 0.1) is 13.8 Å². The second-order valence-corrected chi connectivity index (χ2v) is 16.2. The number of nitrogens with zero attached hydrogens (tertiary/aromatic N) is 4. The molecule has 8 heteroatoms. The molecule has 0 spiro atoms. The Kier molecular flexibility index (Phi) is 9.60. The summed E-state index contributed by atoms with van der Waals surface area (Å²) in [5.74, 6) is -0.458. The third-order valence-electron chi connectivity index (χ3n) is 8.54. The molecule has 1 aliphatic rings. The number of aryl methyl sites for hydroxylation is 2. The van der Waals surface area contributed by atoms with Crippen LogP contribution in [0.25, 0.3) is 5.57 Å². The first-order chi connectivity index (χ1) is 23.4. The third-order valence-corrected chi connectivity index (χ3v) is 13.8. The van der Waals surface area contributed by atoms with Gasteiger partial charge in [0.2, 0.25) is 0 Å². The summed E-state index contributed by atoms with van der Waals surface area (Å²) in [6.45, 7) is 6.82. The van der Waals surface area contributed by atoms with Crippen LogP contribution in [-0.4, -0.2) is 49.9 Å². The first-order valence-corrected chi connectivity index (χ1v) is 19.4. The number of carbonyl (C=O) groups is 1. The summed E-state index contributed by atoms with van der Waals surface area (Å²) >= 11 is -0.410. The molecule has 1 N–H and O–H groups in total. The van der Waals surface area contributed by atoms with Crippen LogP contribution in [0.3, 0.4) is 0 Å². The molecular weight excluding hydrogens is 726 g/mol. The van der Waals surface area contributed by atoms with Gasteiger partial charge in [0.15, 0.2) is 0 Å². The van der Waals surface area contributed by atoms with E-state index in [0.717, 1.165) is 55.8 Å². The van der Waals surface area contributed by atoms with Crippen molar-refractivity contribution in [3.63, 3.8) is 0 Å². The standard InChI is InChI=1S/C40H36N4O2Se2/c1-27-37(47-39(41-27)43(23-29-15-7-3-8-16-29)24-30-17-9-4-10-18-30)33-35(45)34(36(33)46)38-28(2)42-40(48-38)44(25-31-19-11-5-12-20-31)26-32-21-13-6-14-22-32/h3-22,33,45H,23-26H2,1-2H3. The Balaban J connectivity index is 1.17.